The molecule has 0 saturated carbocycles. The normalized spacial score (nSPS) is 11.6. The second kappa shape index (κ2) is 7.10. The van der Waals surface area contributed by atoms with E-state index >= 15 is 0 Å². The van der Waals surface area contributed by atoms with Crippen molar-refractivity contribution in [2.24, 2.45) is 5.41 Å². The van der Waals surface area contributed by atoms with Crippen LogP contribution >= 0.6 is 0 Å². The van der Waals surface area contributed by atoms with Crippen molar-refractivity contribution in [3.8, 4) is 22.4 Å². The molecule has 29 heavy (non-hydrogen) atoms. The maximum Gasteiger partial charge on any atom is 0.270 e. The summed E-state index contributed by atoms with van der Waals surface area (Å²) >= 11 is 0. The van der Waals surface area contributed by atoms with Gasteiger partial charge in [0.15, 0.2) is 5.69 Å². The Morgan fingerprint density at radius 2 is 1.90 bits per heavy atom. The lowest BCUT2D eigenvalue weighted by Gasteiger charge is -2.17. The Bertz CT molecular complexity index is 1240. The van der Waals surface area contributed by atoms with Gasteiger partial charge < -0.3 is 4.85 Å². The van der Waals surface area contributed by atoms with Crippen LogP contribution in [0.3, 0.4) is 0 Å². The van der Waals surface area contributed by atoms with Crippen molar-refractivity contribution in [2.75, 3.05) is 0 Å². The number of pyridine rings is 2. The van der Waals surface area contributed by atoms with Crippen LogP contribution in [0.25, 0.3) is 38.1 Å². The largest absolute Gasteiger partial charge is 0.361 e. The van der Waals surface area contributed by atoms with Gasteiger partial charge in [0.05, 0.1) is 17.9 Å². The van der Waals surface area contributed by atoms with Crippen LogP contribution in [0.15, 0.2) is 55.0 Å². The molecule has 144 valence electrons. The summed E-state index contributed by atoms with van der Waals surface area (Å²) in [6.07, 6.45) is 5.02. The van der Waals surface area contributed by atoms with E-state index in [1.807, 2.05) is 41.3 Å². The van der Waals surface area contributed by atoms with Gasteiger partial charge in [0.2, 0.25) is 0 Å². The van der Waals surface area contributed by atoms with Crippen LogP contribution in [0.4, 0.5) is 10.2 Å². The average molecular weight is 385 g/mol. The van der Waals surface area contributed by atoms with E-state index in [4.69, 9.17) is 6.57 Å². The van der Waals surface area contributed by atoms with Gasteiger partial charge in [-0.05, 0) is 29.7 Å². The number of hydrogen-bond donors (Lipinski definition) is 0. The lowest BCUT2D eigenvalue weighted by atomic mass is 9.97. The molecule has 0 atom stereocenters. The first-order valence-electron chi connectivity index (χ1n) is 9.29. The molecule has 0 N–H and O–H groups in total. The summed E-state index contributed by atoms with van der Waals surface area (Å²) in [4.78, 5) is 12.2. The SMILES string of the molecule is [C-]#[N+]c1ccc(-c2cnn(CC(C)(C)C)c2)c(-c2ccc3cc(F)cnc3c2)n1. The Morgan fingerprint density at radius 1 is 1.07 bits per heavy atom. The minimum absolute atomic E-state index is 0.109. The quantitative estimate of drug-likeness (QED) is 0.413. The maximum absolute atomic E-state index is 13.4. The molecule has 0 aliphatic heterocycles. The maximum atomic E-state index is 13.4. The zero-order valence-electron chi connectivity index (χ0n) is 16.5. The molecule has 0 bridgehead atoms. The number of hydrogen-bond acceptors (Lipinski definition) is 3. The van der Waals surface area contributed by atoms with E-state index in [1.54, 1.807) is 6.07 Å². The molecule has 6 heteroatoms. The van der Waals surface area contributed by atoms with E-state index in [2.05, 4.69) is 40.7 Å². The highest BCUT2D eigenvalue weighted by molar-refractivity contribution is 5.88. The number of nitrogens with zero attached hydrogens (tertiary/aromatic N) is 5. The number of benzene rings is 1. The lowest BCUT2D eigenvalue weighted by molar-refractivity contribution is 0.325. The highest BCUT2D eigenvalue weighted by Gasteiger charge is 2.18. The molecular formula is C23H20FN5. The van der Waals surface area contributed by atoms with Crippen molar-refractivity contribution < 1.29 is 4.39 Å². The van der Waals surface area contributed by atoms with Crippen molar-refractivity contribution in [3.05, 3.63) is 72.2 Å². The Hall–Kier alpha value is -3.59. The molecule has 0 saturated heterocycles. The lowest BCUT2D eigenvalue weighted by Crippen LogP contribution is -2.15. The fourth-order valence-corrected chi connectivity index (χ4v) is 3.28. The Labute approximate surface area is 168 Å². The predicted molar refractivity (Wildman–Crippen MR) is 112 cm³/mol. The molecule has 0 unspecified atom stereocenters. The molecule has 0 radical (unpaired) electrons. The second-order valence-electron chi connectivity index (χ2n) is 8.23. The molecular weight excluding hydrogens is 365 g/mol. The Kier molecular flexibility index (Phi) is 4.59. The van der Waals surface area contributed by atoms with E-state index in [-0.39, 0.29) is 11.2 Å². The van der Waals surface area contributed by atoms with Crippen molar-refractivity contribution in [3.63, 3.8) is 0 Å². The number of aromatic nitrogens is 4. The van der Waals surface area contributed by atoms with Crippen molar-refractivity contribution in [1.82, 2.24) is 19.7 Å². The summed E-state index contributed by atoms with van der Waals surface area (Å²) in [5, 5.41) is 5.21. The van der Waals surface area contributed by atoms with Crippen LogP contribution in [0, 0.1) is 17.8 Å². The van der Waals surface area contributed by atoms with E-state index in [0.29, 0.717) is 17.0 Å². The van der Waals surface area contributed by atoms with E-state index in [9.17, 15) is 4.39 Å². The number of halogens is 1. The molecule has 0 spiro atoms. The first kappa shape index (κ1) is 18.8. The summed E-state index contributed by atoms with van der Waals surface area (Å²) in [6.45, 7) is 14.6. The van der Waals surface area contributed by atoms with Crippen LogP contribution in [-0.2, 0) is 6.54 Å². The minimum Gasteiger partial charge on any atom is -0.361 e. The van der Waals surface area contributed by atoms with Gasteiger partial charge >= 0.3 is 0 Å². The fourth-order valence-electron chi connectivity index (χ4n) is 3.28. The Balaban J connectivity index is 1.83. The highest BCUT2D eigenvalue weighted by atomic mass is 19.1. The van der Waals surface area contributed by atoms with Gasteiger partial charge in [-0.1, -0.05) is 39.5 Å². The van der Waals surface area contributed by atoms with Crippen LogP contribution in [0.2, 0.25) is 0 Å². The molecule has 3 heterocycles. The van der Waals surface area contributed by atoms with E-state index < -0.39 is 0 Å². The van der Waals surface area contributed by atoms with Gasteiger partial charge in [-0.25, -0.2) is 4.39 Å². The second-order valence-corrected chi connectivity index (χ2v) is 8.23. The molecule has 0 amide bonds. The number of fused-ring (bicyclic) bond motifs is 1. The van der Waals surface area contributed by atoms with Crippen LogP contribution in [-0.4, -0.2) is 19.7 Å². The third-order valence-electron chi connectivity index (χ3n) is 4.50. The van der Waals surface area contributed by atoms with Gasteiger partial charge in [0.1, 0.15) is 5.82 Å². The summed E-state index contributed by atoms with van der Waals surface area (Å²) in [5.74, 6) is -0.0525. The molecule has 3 aromatic heterocycles. The fraction of sp³-hybridized carbons (Fsp3) is 0.217. The molecule has 0 aliphatic carbocycles. The summed E-state index contributed by atoms with van der Waals surface area (Å²) < 4.78 is 15.4. The van der Waals surface area contributed by atoms with Crippen molar-refractivity contribution >= 4 is 16.7 Å². The highest BCUT2D eigenvalue weighted by Crippen LogP contribution is 2.34. The third-order valence-corrected chi connectivity index (χ3v) is 4.50. The zero-order valence-corrected chi connectivity index (χ0v) is 16.5. The smallest absolute Gasteiger partial charge is 0.270 e. The third kappa shape index (κ3) is 3.99. The minimum atomic E-state index is -0.370. The van der Waals surface area contributed by atoms with E-state index in [1.165, 1.54) is 12.3 Å². The molecule has 5 nitrogen and oxygen atoms in total. The molecule has 0 aliphatic rings. The summed E-state index contributed by atoms with van der Waals surface area (Å²) in [6, 6.07) is 10.6. The van der Waals surface area contributed by atoms with Crippen LogP contribution in [0.5, 0.6) is 0 Å². The zero-order chi connectivity index (χ0) is 20.6. The monoisotopic (exact) mass is 385 g/mol. The summed E-state index contributed by atoms with van der Waals surface area (Å²) in [5.41, 5.74) is 4.10. The first-order valence-corrected chi connectivity index (χ1v) is 9.29. The van der Waals surface area contributed by atoms with Gasteiger partial charge in [-0.3, -0.25) is 9.67 Å². The van der Waals surface area contributed by atoms with Crippen LogP contribution in [0.1, 0.15) is 20.8 Å². The first-order chi connectivity index (χ1) is 13.8. The molecule has 1 aromatic carbocycles. The topological polar surface area (TPSA) is 48.0 Å². The molecule has 4 rings (SSSR count). The van der Waals surface area contributed by atoms with Gasteiger partial charge in [0.25, 0.3) is 5.82 Å². The van der Waals surface area contributed by atoms with Gasteiger partial charge in [0, 0.05) is 34.8 Å². The average Bonchev–Trinajstić information content (AvgIpc) is 3.13. The van der Waals surface area contributed by atoms with E-state index in [0.717, 1.165) is 28.6 Å². The molecule has 0 fully saturated rings. The summed E-state index contributed by atoms with van der Waals surface area (Å²) in [7, 11) is 0. The van der Waals surface area contributed by atoms with Crippen molar-refractivity contribution in [2.45, 2.75) is 27.3 Å². The number of rotatable bonds is 3. The van der Waals surface area contributed by atoms with Crippen molar-refractivity contribution in [1.29, 1.82) is 0 Å². The standard InChI is InChI=1S/C23H20FN5/c1-23(2,3)14-29-13-17(11-27-29)19-7-8-21(25-4)28-22(19)16-6-5-15-9-18(24)12-26-20(15)10-16/h5-13H,14H2,1-3H3. The van der Waals surface area contributed by atoms with Gasteiger partial charge in [-0.2, -0.15) is 5.10 Å². The van der Waals surface area contributed by atoms with Crippen LogP contribution < -0.4 is 0 Å². The Morgan fingerprint density at radius 3 is 2.66 bits per heavy atom. The molecule has 4 aromatic rings. The van der Waals surface area contributed by atoms with Gasteiger partial charge in [-0.15, -0.1) is 4.98 Å². The predicted octanol–water partition coefficient (Wildman–Crippen LogP) is 5.90.